The Bertz CT molecular complexity index is 1200. The number of fused-ring (bicyclic) bond motifs is 2. The number of hydrogen-bond donors (Lipinski definition) is 2. The van der Waals surface area contributed by atoms with Crippen molar-refractivity contribution in [3.8, 4) is 11.4 Å². The lowest BCUT2D eigenvalue weighted by Crippen LogP contribution is -2.32. The largest absolute Gasteiger partial charge is 0.355 e. The van der Waals surface area contributed by atoms with Gasteiger partial charge in [0.1, 0.15) is 5.82 Å². The van der Waals surface area contributed by atoms with Crippen LogP contribution in [0.5, 0.6) is 0 Å². The van der Waals surface area contributed by atoms with Crippen LogP contribution in [0.15, 0.2) is 60.7 Å². The summed E-state index contributed by atoms with van der Waals surface area (Å²) in [5, 5.41) is 3.70. The van der Waals surface area contributed by atoms with Crippen LogP contribution in [0.4, 0.5) is 11.4 Å². The quantitative estimate of drug-likeness (QED) is 0.460. The molecule has 4 heteroatoms. The van der Waals surface area contributed by atoms with E-state index in [2.05, 4.69) is 64.6 Å². The summed E-state index contributed by atoms with van der Waals surface area (Å²) in [6, 6.07) is 22.3. The molecule has 1 saturated carbocycles. The van der Waals surface area contributed by atoms with Crippen LogP contribution >= 0.6 is 0 Å². The van der Waals surface area contributed by atoms with Crippen molar-refractivity contribution in [1.82, 2.24) is 14.9 Å². The van der Waals surface area contributed by atoms with E-state index >= 15 is 0 Å². The Labute approximate surface area is 177 Å². The summed E-state index contributed by atoms with van der Waals surface area (Å²) in [6.07, 6.45) is 3.87. The van der Waals surface area contributed by atoms with Crippen LogP contribution in [0.25, 0.3) is 22.4 Å². The number of nitrogens with one attached hydrogen (secondary N) is 2. The fourth-order valence-electron chi connectivity index (χ4n) is 4.69. The molecular weight excluding hydrogens is 368 g/mol. The second-order valence-electron chi connectivity index (χ2n) is 8.65. The van der Waals surface area contributed by atoms with Crippen molar-refractivity contribution in [3.63, 3.8) is 0 Å². The summed E-state index contributed by atoms with van der Waals surface area (Å²) in [6.45, 7) is 4.41. The normalized spacial score (nSPS) is 16.6. The number of imidazole rings is 1. The van der Waals surface area contributed by atoms with Crippen LogP contribution in [0.2, 0.25) is 0 Å². The molecule has 2 N–H and O–H groups in total. The molecule has 30 heavy (non-hydrogen) atoms. The van der Waals surface area contributed by atoms with Crippen LogP contribution in [0, 0.1) is 6.92 Å². The number of aryl methyl sites for hydroxylation is 1. The fraction of sp³-hybridized carbons (Fsp3) is 0.269. The molecule has 1 aliphatic heterocycles. The standard InChI is InChI=1S/C26H26N4/c1-17-9-10-19(15-22(17)26-28-24-6-2-3-7-25(24)29-26)27-23-8-4-5-18-16-30(20-11-12-20)14-13-21(18)23/h2-10,15,20,27H,11-14,16H2,1H3,(H,28,29). The molecule has 0 bridgehead atoms. The molecule has 1 aromatic heterocycles. The van der Waals surface area contributed by atoms with E-state index in [-0.39, 0.29) is 0 Å². The first-order valence-electron chi connectivity index (χ1n) is 10.9. The molecule has 150 valence electrons. The molecule has 4 nitrogen and oxygen atoms in total. The summed E-state index contributed by atoms with van der Waals surface area (Å²) in [5.41, 5.74) is 9.72. The van der Waals surface area contributed by atoms with Gasteiger partial charge in [-0.1, -0.05) is 30.3 Å². The first-order chi connectivity index (χ1) is 14.7. The molecule has 0 saturated heterocycles. The van der Waals surface area contributed by atoms with Crippen molar-refractivity contribution in [1.29, 1.82) is 0 Å². The number of aromatic nitrogens is 2. The monoisotopic (exact) mass is 394 g/mol. The van der Waals surface area contributed by atoms with E-state index in [1.807, 2.05) is 18.2 Å². The smallest absolute Gasteiger partial charge is 0.138 e. The predicted octanol–water partition coefficient (Wildman–Crippen LogP) is 5.80. The molecule has 2 heterocycles. The number of rotatable bonds is 4. The summed E-state index contributed by atoms with van der Waals surface area (Å²) in [5.74, 6) is 0.924. The third-order valence-electron chi connectivity index (χ3n) is 6.52. The topological polar surface area (TPSA) is 44.0 Å². The average Bonchev–Trinajstić information content (AvgIpc) is 3.53. The first kappa shape index (κ1) is 17.7. The molecule has 0 amide bonds. The zero-order valence-corrected chi connectivity index (χ0v) is 17.3. The van der Waals surface area contributed by atoms with E-state index in [4.69, 9.17) is 4.98 Å². The van der Waals surface area contributed by atoms with Crippen molar-refractivity contribution in [2.75, 3.05) is 11.9 Å². The number of para-hydroxylation sites is 2. The number of hydrogen-bond acceptors (Lipinski definition) is 3. The zero-order chi connectivity index (χ0) is 20.1. The molecule has 4 aromatic rings. The van der Waals surface area contributed by atoms with E-state index in [1.54, 1.807) is 0 Å². The highest BCUT2D eigenvalue weighted by atomic mass is 15.2. The molecule has 0 atom stereocenters. The van der Waals surface area contributed by atoms with E-state index in [0.717, 1.165) is 47.1 Å². The van der Waals surface area contributed by atoms with E-state index < -0.39 is 0 Å². The van der Waals surface area contributed by atoms with Gasteiger partial charge in [0.25, 0.3) is 0 Å². The molecule has 0 unspecified atom stereocenters. The van der Waals surface area contributed by atoms with Gasteiger partial charge in [0.15, 0.2) is 0 Å². The maximum absolute atomic E-state index is 4.80. The van der Waals surface area contributed by atoms with Crippen LogP contribution in [-0.2, 0) is 13.0 Å². The SMILES string of the molecule is Cc1ccc(Nc2cccc3c2CCN(C2CC2)C3)cc1-c1nc2ccccc2[nH]1. The highest BCUT2D eigenvalue weighted by Crippen LogP contribution is 2.35. The van der Waals surface area contributed by atoms with Gasteiger partial charge in [0.05, 0.1) is 11.0 Å². The van der Waals surface area contributed by atoms with E-state index in [1.165, 1.54) is 41.8 Å². The summed E-state index contributed by atoms with van der Waals surface area (Å²) >= 11 is 0. The number of anilines is 2. The minimum Gasteiger partial charge on any atom is -0.355 e. The van der Waals surface area contributed by atoms with Crippen LogP contribution in [0.1, 0.15) is 29.5 Å². The van der Waals surface area contributed by atoms with E-state index in [0.29, 0.717) is 0 Å². The molecular formula is C26H26N4. The Kier molecular flexibility index (Phi) is 4.13. The van der Waals surface area contributed by atoms with Crippen molar-refractivity contribution in [2.45, 2.75) is 38.8 Å². The minimum atomic E-state index is 0.832. The van der Waals surface area contributed by atoms with Gasteiger partial charge in [-0.2, -0.15) is 0 Å². The molecule has 0 radical (unpaired) electrons. The molecule has 0 spiro atoms. The van der Waals surface area contributed by atoms with Gasteiger partial charge in [-0.05, 0) is 73.2 Å². The van der Waals surface area contributed by atoms with E-state index in [9.17, 15) is 0 Å². The lowest BCUT2D eigenvalue weighted by Gasteiger charge is -2.30. The molecule has 6 rings (SSSR count). The van der Waals surface area contributed by atoms with Crippen LogP contribution < -0.4 is 5.32 Å². The first-order valence-corrected chi connectivity index (χ1v) is 10.9. The predicted molar refractivity (Wildman–Crippen MR) is 123 cm³/mol. The van der Waals surface area contributed by atoms with Gasteiger partial charge in [-0.25, -0.2) is 4.98 Å². The van der Waals surface area contributed by atoms with Gasteiger partial charge < -0.3 is 10.3 Å². The van der Waals surface area contributed by atoms with Gasteiger partial charge in [0, 0.05) is 36.1 Å². The maximum Gasteiger partial charge on any atom is 0.138 e. The van der Waals surface area contributed by atoms with Crippen molar-refractivity contribution in [3.05, 3.63) is 77.4 Å². The molecule has 2 aliphatic rings. The number of H-pyrrole nitrogens is 1. The second kappa shape index (κ2) is 6.99. The Balaban J connectivity index is 1.32. The zero-order valence-electron chi connectivity index (χ0n) is 17.3. The van der Waals surface area contributed by atoms with Gasteiger partial charge in [-0.15, -0.1) is 0 Å². The third-order valence-corrected chi connectivity index (χ3v) is 6.52. The number of nitrogens with zero attached hydrogens (tertiary/aromatic N) is 2. The lowest BCUT2D eigenvalue weighted by molar-refractivity contribution is 0.244. The Morgan fingerprint density at radius 3 is 2.80 bits per heavy atom. The molecule has 3 aromatic carbocycles. The lowest BCUT2D eigenvalue weighted by atomic mass is 9.97. The van der Waals surface area contributed by atoms with Crippen molar-refractivity contribution < 1.29 is 0 Å². The average molecular weight is 395 g/mol. The van der Waals surface area contributed by atoms with Gasteiger partial charge in [0.2, 0.25) is 0 Å². The highest BCUT2D eigenvalue weighted by molar-refractivity contribution is 5.81. The van der Waals surface area contributed by atoms with Crippen molar-refractivity contribution in [2.24, 2.45) is 0 Å². The fourth-order valence-corrected chi connectivity index (χ4v) is 4.69. The summed E-state index contributed by atoms with van der Waals surface area (Å²) < 4.78 is 0. The van der Waals surface area contributed by atoms with Gasteiger partial charge >= 0.3 is 0 Å². The van der Waals surface area contributed by atoms with Crippen LogP contribution in [-0.4, -0.2) is 27.5 Å². The molecule has 1 aliphatic carbocycles. The maximum atomic E-state index is 4.80. The van der Waals surface area contributed by atoms with Crippen LogP contribution in [0.3, 0.4) is 0 Å². The van der Waals surface area contributed by atoms with Crippen molar-refractivity contribution >= 4 is 22.4 Å². The second-order valence-corrected chi connectivity index (χ2v) is 8.65. The third kappa shape index (κ3) is 3.17. The highest BCUT2D eigenvalue weighted by Gasteiger charge is 2.31. The minimum absolute atomic E-state index is 0.832. The Morgan fingerprint density at radius 1 is 1.03 bits per heavy atom. The number of benzene rings is 3. The Morgan fingerprint density at radius 2 is 1.93 bits per heavy atom. The summed E-state index contributed by atoms with van der Waals surface area (Å²) in [4.78, 5) is 10.9. The van der Waals surface area contributed by atoms with Gasteiger partial charge in [-0.3, -0.25) is 4.90 Å². The Hall–Kier alpha value is -3.11. The number of aromatic amines is 1. The molecule has 1 fully saturated rings. The summed E-state index contributed by atoms with van der Waals surface area (Å²) in [7, 11) is 0.